The van der Waals surface area contributed by atoms with E-state index in [9.17, 15) is 18.0 Å². The van der Waals surface area contributed by atoms with Gasteiger partial charge in [-0.15, -0.1) is 11.3 Å². The Morgan fingerprint density at radius 3 is 2.38 bits per heavy atom. The van der Waals surface area contributed by atoms with Gasteiger partial charge in [0.1, 0.15) is 5.00 Å². The number of anilines is 1. The molecule has 1 fully saturated rings. The van der Waals surface area contributed by atoms with Gasteiger partial charge in [0, 0.05) is 42.7 Å². The van der Waals surface area contributed by atoms with Crippen LogP contribution in [0.15, 0.2) is 29.2 Å². The highest BCUT2D eigenvalue weighted by atomic mass is 32.2. The first-order chi connectivity index (χ1) is 17.5. The molecule has 1 amide bonds. The summed E-state index contributed by atoms with van der Waals surface area (Å²) in [5.74, 6) is -0.212. The van der Waals surface area contributed by atoms with Gasteiger partial charge in [0.25, 0.3) is 5.91 Å². The molecule has 2 unspecified atom stereocenters. The van der Waals surface area contributed by atoms with Gasteiger partial charge in [-0.25, -0.2) is 13.2 Å². The summed E-state index contributed by atoms with van der Waals surface area (Å²) in [5, 5.41) is 3.38. The van der Waals surface area contributed by atoms with Crippen molar-refractivity contribution < 1.29 is 22.7 Å². The van der Waals surface area contributed by atoms with Gasteiger partial charge in [0.05, 0.1) is 17.1 Å². The Morgan fingerprint density at radius 1 is 1.14 bits per heavy atom. The van der Waals surface area contributed by atoms with Crippen molar-refractivity contribution in [3.63, 3.8) is 0 Å². The molecule has 0 radical (unpaired) electrons. The number of carbonyl (C=O) groups excluding carboxylic acids is 2. The molecular weight excluding hydrogens is 510 g/mol. The second kappa shape index (κ2) is 11.2. The fourth-order valence-corrected chi connectivity index (χ4v) is 8.21. The van der Waals surface area contributed by atoms with Crippen LogP contribution >= 0.6 is 11.3 Å². The fourth-order valence-electron chi connectivity index (χ4n) is 5.28. The topological polar surface area (TPSA) is 96.0 Å². The molecule has 1 aromatic carbocycles. The molecule has 0 saturated carbocycles. The minimum absolute atomic E-state index is 0.179. The Hall–Kier alpha value is -2.27. The van der Waals surface area contributed by atoms with Crippen LogP contribution in [0.5, 0.6) is 0 Å². The number of nitrogens with zero attached hydrogens (tertiary/aromatic N) is 2. The molecule has 1 saturated heterocycles. The Labute approximate surface area is 224 Å². The van der Waals surface area contributed by atoms with Crippen molar-refractivity contribution in [2.75, 3.05) is 31.6 Å². The maximum atomic E-state index is 13.2. The standard InChI is InChI=1S/C27H37N3O5S2/c1-6-35-27(32)24-22-11-12-29(17(2)3)16-23(22)36-26(24)28-25(31)20-7-9-21(10-8-20)37(33,34)30-14-18(4)13-19(5)15-30/h7-10,17-19H,6,11-16H2,1-5H3,(H,28,31). The van der Waals surface area contributed by atoms with Crippen molar-refractivity contribution in [1.29, 1.82) is 0 Å². The Bertz CT molecular complexity index is 1240. The number of hydrogen-bond donors (Lipinski definition) is 1. The summed E-state index contributed by atoms with van der Waals surface area (Å²) in [5.41, 5.74) is 1.71. The number of benzene rings is 1. The van der Waals surface area contributed by atoms with Crippen molar-refractivity contribution >= 4 is 38.2 Å². The predicted octanol–water partition coefficient (Wildman–Crippen LogP) is 4.61. The first-order valence-corrected chi connectivity index (χ1v) is 15.2. The minimum Gasteiger partial charge on any atom is -0.462 e. The minimum atomic E-state index is -3.63. The number of sulfonamides is 1. The molecule has 8 nitrogen and oxygen atoms in total. The molecule has 0 aliphatic carbocycles. The SMILES string of the molecule is CCOC(=O)c1c(NC(=O)c2ccc(S(=O)(=O)N3CC(C)CC(C)C3)cc2)sc2c1CCN(C(C)C)C2. The van der Waals surface area contributed by atoms with Crippen LogP contribution in [0.25, 0.3) is 0 Å². The molecule has 4 rings (SSSR count). The number of hydrogen-bond acceptors (Lipinski definition) is 7. The largest absolute Gasteiger partial charge is 0.462 e. The third-order valence-corrected chi connectivity index (χ3v) is 10.1. The highest BCUT2D eigenvalue weighted by molar-refractivity contribution is 7.89. The Balaban J connectivity index is 1.55. The van der Waals surface area contributed by atoms with E-state index in [0.717, 1.165) is 30.0 Å². The average Bonchev–Trinajstić information content (AvgIpc) is 3.20. The number of fused-ring (bicyclic) bond motifs is 1. The predicted molar refractivity (Wildman–Crippen MR) is 146 cm³/mol. The summed E-state index contributed by atoms with van der Waals surface area (Å²) in [4.78, 5) is 29.6. The normalized spacial score (nSPS) is 21.0. The molecule has 37 heavy (non-hydrogen) atoms. The van der Waals surface area contributed by atoms with Crippen molar-refractivity contribution in [2.24, 2.45) is 11.8 Å². The zero-order valence-electron chi connectivity index (χ0n) is 22.2. The van der Waals surface area contributed by atoms with Gasteiger partial charge in [-0.05, 0) is 75.3 Å². The number of esters is 1. The van der Waals surface area contributed by atoms with E-state index in [0.29, 0.717) is 53.5 Å². The number of rotatable bonds is 7. The van der Waals surface area contributed by atoms with E-state index >= 15 is 0 Å². The van der Waals surface area contributed by atoms with Crippen LogP contribution in [0.2, 0.25) is 0 Å². The lowest BCUT2D eigenvalue weighted by Gasteiger charge is -2.34. The maximum absolute atomic E-state index is 13.2. The van der Waals surface area contributed by atoms with E-state index in [-0.39, 0.29) is 11.5 Å². The number of nitrogens with one attached hydrogen (secondary N) is 1. The maximum Gasteiger partial charge on any atom is 0.341 e. The van der Waals surface area contributed by atoms with Crippen LogP contribution in [0.4, 0.5) is 5.00 Å². The van der Waals surface area contributed by atoms with E-state index in [1.54, 1.807) is 11.2 Å². The van der Waals surface area contributed by atoms with Crippen LogP contribution < -0.4 is 5.32 Å². The molecule has 1 aromatic heterocycles. The van der Waals surface area contributed by atoms with E-state index in [1.807, 2.05) is 0 Å². The summed E-state index contributed by atoms with van der Waals surface area (Å²) in [6, 6.07) is 6.40. The smallest absolute Gasteiger partial charge is 0.341 e. The van der Waals surface area contributed by atoms with Gasteiger partial charge in [0.15, 0.2) is 0 Å². The number of piperidine rings is 1. The van der Waals surface area contributed by atoms with Crippen molar-refractivity contribution in [1.82, 2.24) is 9.21 Å². The summed E-state index contributed by atoms with van der Waals surface area (Å²) >= 11 is 1.41. The molecule has 202 valence electrons. The zero-order chi connectivity index (χ0) is 26.9. The second-order valence-electron chi connectivity index (χ2n) is 10.5. The molecule has 2 aliphatic rings. The number of ether oxygens (including phenoxy) is 1. The van der Waals surface area contributed by atoms with Gasteiger partial charge in [0.2, 0.25) is 10.0 Å². The molecule has 1 N–H and O–H groups in total. The van der Waals surface area contributed by atoms with Crippen LogP contribution in [-0.2, 0) is 27.7 Å². The Kier molecular flexibility index (Phi) is 8.42. The molecule has 2 aromatic rings. The summed E-state index contributed by atoms with van der Waals surface area (Å²) in [6.07, 6.45) is 1.73. The van der Waals surface area contributed by atoms with Crippen LogP contribution in [-0.4, -0.2) is 61.8 Å². The number of carbonyl (C=O) groups is 2. The molecule has 0 spiro atoms. The summed E-state index contributed by atoms with van der Waals surface area (Å²) < 4.78 is 33.2. The molecule has 10 heteroatoms. The van der Waals surface area contributed by atoms with E-state index in [1.165, 1.54) is 35.6 Å². The number of thiophene rings is 1. The van der Waals surface area contributed by atoms with Gasteiger partial charge in [-0.2, -0.15) is 4.31 Å². The number of amides is 1. The van der Waals surface area contributed by atoms with E-state index in [2.05, 4.69) is 37.9 Å². The first kappa shape index (κ1) is 27.8. The lowest BCUT2D eigenvalue weighted by molar-refractivity contribution is 0.0526. The lowest BCUT2D eigenvalue weighted by atomic mass is 9.94. The van der Waals surface area contributed by atoms with Crippen LogP contribution in [0.1, 0.15) is 72.2 Å². The molecular formula is C27H37N3O5S2. The summed E-state index contributed by atoms with van der Waals surface area (Å²) in [6.45, 7) is 13.0. The molecule has 3 heterocycles. The van der Waals surface area contributed by atoms with Crippen molar-refractivity contribution in [2.45, 2.75) is 64.9 Å². The monoisotopic (exact) mass is 547 g/mol. The van der Waals surface area contributed by atoms with Gasteiger partial charge < -0.3 is 10.1 Å². The fraction of sp³-hybridized carbons (Fsp3) is 0.556. The lowest BCUT2D eigenvalue weighted by Crippen LogP contribution is -2.42. The zero-order valence-corrected chi connectivity index (χ0v) is 23.9. The van der Waals surface area contributed by atoms with Crippen LogP contribution in [0, 0.1) is 11.8 Å². The van der Waals surface area contributed by atoms with Crippen LogP contribution in [0.3, 0.4) is 0 Å². The molecule has 2 aliphatic heterocycles. The Morgan fingerprint density at radius 2 is 1.78 bits per heavy atom. The first-order valence-electron chi connectivity index (χ1n) is 13.0. The molecule has 2 atom stereocenters. The van der Waals surface area contributed by atoms with Crippen molar-refractivity contribution in [3.8, 4) is 0 Å². The quantitative estimate of drug-likeness (QED) is 0.509. The highest BCUT2D eigenvalue weighted by Gasteiger charge is 2.33. The highest BCUT2D eigenvalue weighted by Crippen LogP contribution is 2.38. The molecule has 0 bridgehead atoms. The van der Waals surface area contributed by atoms with Gasteiger partial charge in [-0.3, -0.25) is 9.69 Å². The van der Waals surface area contributed by atoms with E-state index in [4.69, 9.17) is 4.74 Å². The third kappa shape index (κ3) is 5.92. The van der Waals surface area contributed by atoms with E-state index < -0.39 is 21.9 Å². The average molecular weight is 548 g/mol. The second-order valence-corrected chi connectivity index (χ2v) is 13.5. The summed E-state index contributed by atoms with van der Waals surface area (Å²) in [7, 11) is -3.63. The van der Waals surface area contributed by atoms with Crippen molar-refractivity contribution in [3.05, 3.63) is 45.8 Å². The van der Waals surface area contributed by atoms with Gasteiger partial charge in [-0.1, -0.05) is 13.8 Å². The van der Waals surface area contributed by atoms with Gasteiger partial charge >= 0.3 is 5.97 Å². The third-order valence-electron chi connectivity index (χ3n) is 7.11.